The maximum absolute atomic E-state index is 13.3. The molecule has 0 aliphatic heterocycles. The molecule has 1 nitrogen and oxygen atoms in total. The molecule has 0 bridgehead atoms. The second-order valence-corrected chi connectivity index (χ2v) is 5.68. The van der Waals surface area contributed by atoms with E-state index in [1.807, 2.05) is 19.2 Å². The lowest BCUT2D eigenvalue weighted by molar-refractivity contribution is 0.616. The summed E-state index contributed by atoms with van der Waals surface area (Å²) in [4.78, 5) is 0. The molecule has 1 N–H and O–H groups in total. The first-order valence-electron chi connectivity index (χ1n) is 5.60. The monoisotopic (exact) mass is 361 g/mol. The maximum Gasteiger partial charge on any atom is 0.137 e. The Balaban J connectivity index is 2.50. The van der Waals surface area contributed by atoms with Crippen molar-refractivity contribution in [2.45, 2.75) is 6.04 Å². The summed E-state index contributed by atoms with van der Waals surface area (Å²) < 4.78 is 13.7. The number of nitrogens with one attached hydrogen (secondary N) is 1. The minimum absolute atomic E-state index is 0.150. The lowest BCUT2D eigenvalue weighted by Crippen LogP contribution is -2.18. The van der Waals surface area contributed by atoms with Crippen LogP contribution >= 0.6 is 39.1 Å². The zero-order valence-electron chi connectivity index (χ0n) is 10.1. The summed E-state index contributed by atoms with van der Waals surface area (Å²) in [5.74, 6) is -0.296. The number of hydrogen-bond donors (Lipinski definition) is 1. The third-order valence-corrected chi connectivity index (χ3v) is 4.30. The predicted molar refractivity (Wildman–Crippen MR) is 81.5 cm³/mol. The van der Waals surface area contributed by atoms with E-state index < -0.39 is 0 Å². The van der Waals surface area contributed by atoms with Gasteiger partial charge in [0.25, 0.3) is 0 Å². The van der Waals surface area contributed by atoms with Gasteiger partial charge in [0.1, 0.15) is 5.82 Å². The third-order valence-electron chi connectivity index (χ3n) is 2.86. The van der Waals surface area contributed by atoms with Crippen LogP contribution in [0.1, 0.15) is 17.2 Å². The highest BCUT2D eigenvalue weighted by molar-refractivity contribution is 9.10. The van der Waals surface area contributed by atoms with Gasteiger partial charge in [0.05, 0.1) is 20.6 Å². The summed E-state index contributed by atoms with van der Waals surface area (Å²) >= 11 is 15.4. The smallest absolute Gasteiger partial charge is 0.137 e. The van der Waals surface area contributed by atoms with Crippen LogP contribution in [0.3, 0.4) is 0 Å². The minimum atomic E-state index is -0.296. The second-order valence-electron chi connectivity index (χ2n) is 4.04. The van der Waals surface area contributed by atoms with Gasteiger partial charge >= 0.3 is 0 Å². The maximum atomic E-state index is 13.3. The second kappa shape index (κ2) is 6.23. The molecule has 1 atom stereocenters. The molecule has 0 fully saturated rings. The van der Waals surface area contributed by atoms with Crippen LogP contribution < -0.4 is 5.32 Å². The fraction of sp³-hybridized carbons (Fsp3) is 0.143. The first kappa shape index (κ1) is 14.8. The van der Waals surface area contributed by atoms with Crippen LogP contribution in [0.15, 0.2) is 40.9 Å². The highest BCUT2D eigenvalue weighted by Gasteiger charge is 2.17. The Labute approximate surface area is 129 Å². The lowest BCUT2D eigenvalue weighted by Gasteiger charge is -2.19. The summed E-state index contributed by atoms with van der Waals surface area (Å²) in [7, 11) is 1.82. The number of rotatable bonds is 3. The topological polar surface area (TPSA) is 12.0 Å². The van der Waals surface area contributed by atoms with Gasteiger partial charge in [0.2, 0.25) is 0 Å². The van der Waals surface area contributed by atoms with Gasteiger partial charge in [0.15, 0.2) is 0 Å². The molecule has 1 unspecified atom stereocenters. The minimum Gasteiger partial charge on any atom is -0.309 e. The highest BCUT2D eigenvalue weighted by atomic mass is 79.9. The Hall–Kier alpha value is -0.610. The first-order chi connectivity index (χ1) is 9.04. The fourth-order valence-electron chi connectivity index (χ4n) is 1.94. The number of hydrogen-bond acceptors (Lipinski definition) is 1. The molecule has 100 valence electrons. The van der Waals surface area contributed by atoms with E-state index in [1.54, 1.807) is 18.2 Å². The van der Waals surface area contributed by atoms with E-state index in [0.717, 1.165) is 11.1 Å². The molecule has 0 spiro atoms. The Morgan fingerprint density at radius 2 is 1.95 bits per heavy atom. The van der Waals surface area contributed by atoms with Crippen molar-refractivity contribution < 1.29 is 4.39 Å². The van der Waals surface area contributed by atoms with Crippen molar-refractivity contribution in [2.24, 2.45) is 0 Å². The molecular weight excluding hydrogens is 352 g/mol. The van der Waals surface area contributed by atoms with Gasteiger partial charge in [-0.15, -0.1) is 0 Å². The van der Waals surface area contributed by atoms with Crippen LogP contribution in [-0.4, -0.2) is 7.05 Å². The van der Waals surface area contributed by atoms with Gasteiger partial charge in [0, 0.05) is 0 Å². The van der Waals surface area contributed by atoms with E-state index in [2.05, 4.69) is 21.2 Å². The van der Waals surface area contributed by atoms with Crippen molar-refractivity contribution >= 4 is 39.1 Å². The van der Waals surface area contributed by atoms with Crippen LogP contribution in [0.4, 0.5) is 4.39 Å². The average Bonchev–Trinajstić information content (AvgIpc) is 2.39. The standard InChI is InChI=1S/C14H11BrCl2FN/c1-19-14(8-5-6-12(18)10(15)7-8)9-3-2-4-11(16)13(9)17/h2-7,14,19H,1H3. The van der Waals surface area contributed by atoms with Crippen molar-refractivity contribution in [2.75, 3.05) is 7.05 Å². The van der Waals surface area contributed by atoms with Crippen LogP contribution in [-0.2, 0) is 0 Å². The van der Waals surface area contributed by atoms with Crippen LogP contribution in [0.5, 0.6) is 0 Å². The van der Waals surface area contributed by atoms with E-state index >= 15 is 0 Å². The summed E-state index contributed by atoms with van der Waals surface area (Å²) in [5.41, 5.74) is 1.76. The Kier molecular flexibility index (Phi) is 4.85. The molecule has 19 heavy (non-hydrogen) atoms. The van der Waals surface area contributed by atoms with Crippen LogP contribution in [0.25, 0.3) is 0 Å². The summed E-state index contributed by atoms with van der Waals surface area (Å²) in [6.45, 7) is 0. The van der Waals surface area contributed by atoms with Crippen molar-refractivity contribution in [1.82, 2.24) is 5.32 Å². The third kappa shape index (κ3) is 3.11. The highest BCUT2D eigenvalue weighted by Crippen LogP contribution is 2.34. The molecule has 2 aromatic carbocycles. The molecule has 0 amide bonds. The molecule has 2 rings (SSSR count). The first-order valence-corrected chi connectivity index (χ1v) is 7.15. The quantitative estimate of drug-likeness (QED) is 0.790. The van der Waals surface area contributed by atoms with E-state index in [-0.39, 0.29) is 11.9 Å². The largest absolute Gasteiger partial charge is 0.309 e. The molecule has 0 heterocycles. The Bertz CT molecular complexity index is 604. The molecule has 5 heteroatoms. The molecule has 0 saturated heterocycles. The summed E-state index contributed by atoms with van der Waals surface area (Å²) in [6, 6.07) is 10.2. The molecule has 0 aliphatic rings. The molecule has 2 aromatic rings. The predicted octanol–water partition coefficient (Wildman–Crippen LogP) is 5.20. The Morgan fingerprint density at radius 1 is 1.21 bits per heavy atom. The van der Waals surface area contributed by atoms with Gasteiger partial charge < -0.3 is 5.32 Å². The number of benzene rings is 2. The van der Waals surface area contributed by atoms with E-state index in [9.17, 15) is 4.39 Å². The molecule has 0 radical (unpaired) electrons. The normalized spacial score (nSPS) is 12.5. The van der Waals surface area contributed by atoms with Crippen LogP contribution in [0.2, 0.25) is 10.0 Å². The summed E-state index contributed by atoms with van der Waals surface area (Å²) in [5, 5.41) is 4.17. The Morgan fingerprint density at radius 3 is 2.58 bits per heavy atom. The average molecular weight is 363 g/mol. The zero-order valence-corrected chi connectivity index (χ0v) is 13.2. The van der Waals surface area contributed by atoms with Gasteiger partial charge in [-0.25, -0.2) is 4.39 Å². The fourth-order valence-corrected chi connectivity index (χ4v) is 2.75. The molecule has 0 saturated carbocycles. The van der Waals surface area contributed by atoms with Crippen LogP contribution in [0, 0.1) is 5.82 Å². The molecular formula is C14H11BrCl2FN. The van der Waals surface area contributed by atoms with Gasteiger partial charge in [-0.05, 0) is 52.3 Å². The van der Waals surface area contributed by atoms with Gasteiger partial charge in [-0.1, -0.05) is 41.4 Å². The lowest BCUT2D eigenvalue weighted by atomic mass is 9.99. The van der Waals surface area contributed by atoms with Crippen molar-refractivity contribution in [1.29, 1.82) is 0 Å². The molecule has 0 aromatic heterocycles. The zero-order chi connectivity index (χ0) is 14.0. The van der Waals surface area contributed by atoms with Crippen molar-refractivity contribution in [3.05, 3.63) is 67.9 Å². The van der Waals surface area contributed by atoms with Crippen molar-refractivity contribution in [3.63, 3.8) is 0 Å². The SMILES string of the molecule is CNC(c1ccc(F)c(Br)c1)c1cccc(Cl)c1Cl. The van der Waals surface area contributed by atoms with Gasteiger partial charge in [-0.2, -0.15) is 0 Å². The number of halogens is 4. The van der Waals surface area contributed by atoms with Gasteiger partial charge in [-0.3, -0.25) is 0 Å². The summed E-state index contributed by atoms with van der Waals surface area (Å²) in [6.07, 6.45) is 0. The van der Waals surface area contributed by atoms with Crippen molar-refractivity contribution in [3.8, 4) is 0 Å². The van der Waals surface area contributed by atoms with E-state index in [4.69, 9.17) is 23.2 Å². The van der Waals surface area contributed by atoms with E-state index in [1.165, 1.54) is 6.07 Å². The van der Waals surface area contributed by atoms with E-state index in [0.29, 0.717) is 14.5 Å². The molecule has 0 aliphatic carbocycles.